The van der Waals surface area contributed by atoms with E-state index in [0.29, 0.717) is 5.92 Å². The summed E-state index contributed by atoms with van der Waals surface area (Å²) in [4.78, 5) is 15.8. The van der Waals surface area contributed by atoms with Gasteiger partial charge in [0, 0.05) is 17.2 Å². The highest BCUT2D eigenvalue weighted by molar-refractivity contribution is 7.99. The third-order valence-electron chi connectivity index (χ3n) is 3.63. The van der Waals surface area contributed by atoms with Crippen molar-refractivity contribution >= 4 is 28.8 Å². The quantitative estimate of drug-likeness (QED) is 0.907. The van der Waals surface area contributed by atoms with Gasteiger partial charge in [-0.1, -0.05) is 13.8 Å². The van der Waals surface area contributed by atoms with E-state index in [9.17, 15) is 4.79 Å². The van der Waals surface area contributed by atoms with Crippen LogP contribution in [0.25, 0.3) is 11.0 Å². The molecule has 0 unspecified atom stereocenters. The van der Waals surface area contributed by atoms with Crippen LogP contribution in [0.3, 0.4) is 0 Å². The van der Waals surface area contributed by atoms with Crippen molar-refractivity contribution in [3.05, 3.63) is 29.6 Å². The van der Waals surface area contributed by atoms with Crippen LogP contribution in [0.15, 0.2) is 18.2 Å². The zero-order valence-electron chi connectivity index (χ0n) is 13.2. The number of carbonyl (C=O) groups is 1. The number of carboxylic acids is 1. The van der Waals surface area contributed by atoms with Crippen molar-refractivity contribution in [3.8, 4) is 0 Å². The molecule has 4 nitrogen and oxygen atoms in total. The summed E-state index contributed by atoms with van der Waals surface area (Å²) in [6, 6.07) is 5.18. The molecular weight excluding hydrogens is 284 g/mol. The maximum absolute atomic E-state index is 11.1. The highest BCUT2D eigenvalue weighted by Gasteiger charge is 2.22. The second-order valence-corrected chi connectivity index (χ2v) is 7.70. The first-order valence-corrected chi connectivity index (χ1v) is 8.26. The van der Waals surface area contributed by atoms with E-state index in [0.717, 1.165) is 23.4 Å². The molecular formula is C16H22N2O2S. The van der Waals surface area contributed by atoms with Crippen LogP contribution < -0.4 is 0 Å². The van der Waals surface area contributed by atoms with Crippen LogP contribution in [-0.2, 0) is 6.54 Å². The Morgan fingerprint density at radius 2 is 2.10 bits per heavy atom. The van der Waals surface area contributed by atoms with Gasteiger partial charge in [-0.05, 0) is 38.3 Å². The first-order chi connectivity index (χ1) is 9.75. The molecule has 0 spiro atoms. The number of benzene rings is 1. The van der Waals surface area contributed by atoms with Crippen LogP contribution in [0.1, 0.15) is 49.8 Å². The summed E-state index contributed by atoms with van der Waals surface area (Å²) in [7, 11) is 0. The van der Waals surface area contributed by atoms with Gasteiger partial charge in [0.25, 0.3) is 0 Å². The zero-order chi connectivity index (χ0) is 15.8. The van der Waals surface area contributed by atoms with E-state index in [2.05, 4.69) is 43.5 Å². The molecule has 0 fully saturated rings. The molecule has 2 rings (SSSR count). The second kappa shape index (κ2) is 5.72. The number of rotatable bonds is 5. The standard InChI is InChI=1S/C16H22N2O2S/c1-10(2)14-17-12-8-11(15(19)20)6-7-13(12)18(14)9-16(3,4)21-5/h6-8,10H,9H2,1-5H3,(H,19,20). The number of thioether (sulfide) groups is 1. The monoisotopic (exact) mass is 306 g/mol. The number of carboxylic acid groups (broad SMARTS) is 1. The average molecular weight is 306 g/mol. The van der Waals surface area contributed by atoms with E-state index >= 15 is 0 Å². The van der Waals surface area contributed by atoms with Crippen molar-refractivity contribution in [3.63, 3.8) is 0 Å². The minimum Gasteiger partial charge on any atom is -0.478 e. The lowest BCUT2D eigenvalue weighted by Gasteiger charge is -2.25. The maximum Gasteiger partial charge on any atom is 0.335 e. The van der Waals surface area contributed by atoms with E-state index in [1.165, 1.54) is 0 Å². The number of nitrogens with zero attached hydrogens (tertiary/aromatic N) is 2. The maximum atomic E-state index is 11.1. The Kier molecular flexibility index (Phi) is 4.33. The van der Waals surface area contributed by atoms with E-state index < -0.39 is 5.97 Å². The Bertz CT molecular complexity index is 674. The lowest BCUT2D eigenvalue weighted by molar-refractivity contribution is 0.0697. The fourth-order valence-electron chi connectivity index (χ4n) is 2.33. The molecule has 114 valence electrons. The summed E-state index contributed by atoms with van der Waals surface area (Å²) in [5.74, 6) is 0.389. The summed E-state index contributed by atoms with van der Waals surface area (Å²) in [6.45, 7) is 9.49. The third-order valence-corrected chi connectivity index (χ3v) is 4.87. The minimum absolute atomic E-state index is 0.0999. The van der Waals surface area contributed by atoms with Crippen LogP contribution in [0.4, 0.5) is 0 Å². The molecule has 2 aromatic rings. The van der Waals surface area contributed by atoms with Crippen molar-refractivity contribution in [2.24, 2.45) is 0 Å². The molecule has 0 bridgehead atoms. The SMILES string of the molecule is CSC(C)(C)Cn1c(C(C)C)nc2cc(C(=O)O)ccc21. The van der Waals surface area contributed by atoms with Crippen molar-refractivity contribution in [2.45, 2.75) is 44.9 Å². The Balaban J connectivity index is 2.61. The number of fused-ring (bicyclic) bond motifs is 1. The predicted molar refractivity (Wildman–Crippen MR) is 88.4 cm³/mol. The molecule has 0 atom stereocenters. The molecule has 0 aliphatic heterocycles. The Morgan fingerprint density at radius 3 is 2.62 bits per heavy atom. The van der Waals surface area contributed by atoms with Crippen LogP contribution in [-0.4, -0.2) is 31.6 Å². The fourth-order valence-corrected chi connectivity index (χ4v) is 2.59. The first-order valence-electron chi connectivity index (χ1n) is 7.04. The smallest absolute Gasteiger partial charge is 0.335 e. The molecule has 0 saturated heterocycles. The summed E-state index contributed by atoms with van der Waals surface area (Å²) in [5.41, 5.74) is 2.05. The van der Waals surface area contributed by atoms with Crippen molar-refractivity contribution in [1.29, 1.82) is 0 Å². The number of aromatic nitrogens is 2. The zero-order valence-corrected chi connectivity index (χ0v) is 14.0. The molecule has 0 aliphatic rings. The molecule has 1 N–H and O–H groups in total. The topological polar surface area (TPSA) is 55.1 Å². The van der Waals surface area contributed by atoms with Crippen molar-refractivity contribution in [1.82, 2.24) is 9.55 Å². The van der Waals surface area contributed by atoms with Crippen LogP contribution in [0.2, 0.25) is 0 Å². The fraction of sp³-hybridized carbons (Fsp3) is 0.500. The normalized spacial score (nSPS) is 12.3. The molecule has 1 aromatic heterocycles. The van der Waals surface area contributed by atoms with Gasteiger partial charge in [0.2, 0.25) is 0 Å². The average Bonchev–Trinajstić information content (AvgIpc) is 2.76. The Morgan fingerprint density at radius 1 is 1.43 bits per heavy atom. The van der Waals surface area contributed by atoms with Gasteiger partial charge in [-0.2, -0.15) is 11.8 Å². The molecule has 0 saturated carbocycles. The lowest BCUT2D eigenvalue weighted by atomic mass is 10.1. The third kappa shape index (κ3) is 3.23. The number of imidazole rings is 1. The van der Waals surface area contributed by atoms with Gasteiger partial charge >= 0.3 is 5.97 Å². The molecule has 0 amide bonds. The van der Waals surface area contributed by atoms with Crippen molar-refractivity contribution in [2.75, 3.05) is 6.26 Å². The highest BCUT2D eigenvalue weighted by Crippen LogP contribution is 2.29. The van der Waals surface area contributed by atoms with Gasteiger partial charge in [-0.3, -0.25) is 0 Å². The Labute approximate surface area is 129 Å². The van der Waals surface area contributed by atoms with Crippen LogP contribution in [0, 0.1) is 0 Å². The Hall–Kier alpha value is -1.49. The minimum atomic E-state index is -0.915. The summed E-state index contributed by atoms with van der Waals surface area (Å²) >= 11 is 1.82. The molecule has 0 radical (unpaired) electrons. The molecule has 1 aromatic carbocycles. The van der Waals surface area contributed by atoms with Gasteiger partial charge < -0.3 is 9.67 Å². The first kappa shape index (κ1) is 15.9. The summed E-state index contributed by atoms with van der Waals surface area (Å²) in [5, 5.41) is 9.12. The number of aromatic carboxylic acids is 1. The van der Waals surface area contributed by atoms with E-state index in [4.69, 9.17) is 5.11 Å². The van der Waals surface area contributed by atoms with Gasteiger partial charge in [0.05, 0.1) is 16.6 Å². The number of hydrogen-bond acceptors (Lipinski definition) is 3. The largest absolute Gasteiger partial charge is 0.478 e. The lowest BCUT2D eigenvalue weighted by Crippen LogP contribution is -2.24. The predicted octanol–water partition coefficient (Wildman–Crippen LogP) is 4.00. The van der Waals surface area contributed by atoms with E-state index in [-0.39, 0.29) is 10.3 Å². The molecule has 1 heterocycles. The van der Waals surface area contributed by atoms with Gasteiger partial charge in [0.15, 0.2) is 0 Å². The van der Waals surface area contributed by atoms with Crippen LogP contribution in [0.5, 0.6) is 0 Å². The summed E-state index contributed by atoms with van der Waals surface area (Å²) < 4.78 is 2.32. The van der Waals surface area contributed by atoms with E-state index in [1.54, 1.807) is 12.1 Å². The van der Waals surface area contributed by atoms with Gasteiger partial charge in [-0.15, -0.1) is 0 Å². The second-order valence-electron chi connectivity index (χ2n) is 6.18. The molecule has 0 aliphatic carbocycles. The van der Waals surface area contributed by atoms with Gasteiger partial charge in [-0.25, -0.2) is 9.78 Å². The van der Waals surface area contributed by atoms with E-state index in [1.807, 2.05) is 17.8 Å². The van der Waals surface area contributed by atoms with Crippen molar-refractivity contribution < 1.29 is 9.90 Å². The molecule has 21 heavy (non-hydrogen) atoms. The van der Waals surface area contributed by atoms with Crippen LogP contribution >= 0.6 is 11.8 Å². The molecule has 5 heteroatoms. The van der Waals surface area contributed by atoms with Gasteiger partial charge in [0.1, 0.15) is 5.82 Å². The number of hydrogen-bond donors (Lipinski definition) is 1. The highest BCUT2D eigenvalue weighted by atomic mass is 32.2. The summed E-state index contributed by atoms with van der Waals surface area (Å²) in [6.07, 6.45) is 2.11.